The van der Waals surface area contributed by atoms with Crippen molar-refractivity contribution in [3.05, 3.63) is 28.7 Å². The van der Waals surface area contributed by atoms with Gasteiger partial charge in [0.2, 0.25) is 5.91 Å². The molecule has 0 heterocycles. The maximum absolute atomic E-state index is 11.8. The Bertz CT molecular complexity index is 392. The van der Waals surface area contributed by atoms with Crippen molar-refractivity contribution in [2.24, 2.45) is 5.92 Å². The van der Waals surface area contributed by atoms with Crippen LogP contribution in [0.15, 0.2) is 28.7 Å². The van der Waals surface area contributed by atoms with E-state index < -0.39 is 0 Å². The van der Waals surface area contributed by atoms with Gasteiger partial charge in [0.25, 0.3) is 0 Å². The molecule has 1 rings (SSSR count). The van der Waals surface area contributed by atoms with E-state index in [2.05, 4.69) is 47.3 Å². The molecule has 4 heteroatoms. The third kappa shape index (κ3) is 6.73. The number of nitrogens with one attached hydrogen (secondary N) is 2. The number of anilines is 1. The minimum absolute atomic E-state index is 0.00155. The molecule has 2 N–H and O–H groups in total. The molecule has 0 radical (unpaired) electrons. The topological polar surface area (TPSA) is 41.1 Å². The minimum atomic E-state index is -0.00155. The zero-order valence-electron chi connectivity index (χ0n) is 11.9. The molecule has 1 amide bonds. The van der Waals surface area contributed by atoms with Crippen molar-refractivity contribution in [3.8, 4) is 0 Å². The molecule has 19 heavy (non-hydrogen) atoms. The largest absolute Gasteiger partial charge is 0.325 e. The number of hydrogen-bond donors (Lipinski definition) is 2. The maximum atomic E-state index is 11.8. The normalized spacial score (nSPS) is 13.9. The molecular formula is C15H23BrN2O. The van der Waals surface area contributed by atoms with E-state index in [1.807, 2.05) is 24.3 Å². The smallest absolute Gasteiger partial charge is 0.238 e. The van der Waals surface area contributed by atoms with Crippen molar-refractivity contribution >= 4 is 27.5 Å². The predicted octanol–water partition coefficient (Wildman–Crippen LogP) is 3.80. The highest BCUT2D eigenvalue weighted by Crippen LogP contribution is 2.14. The second kappa shape index (κ2) is 8.33. The summed E-state index contributed by atoms with van der Waals surface area (Å²) in [5.74, 6) is 0.690. The van der Waals surface area contributed by atoms with Crippen molar-refractivity contribution in [2.75, 3.05) is 11.9 Å². The number of amides is 1. The summed E-state index contributed by atoms with van der Waals surface area (Å²) in [7, 11) is 0. The van der Waals surface area contributed by atoms with Gasteiger partial charge in [0.15, 0.2) is 0 Å². The predicted molar refractivity (Wildman–Crippen MR) is 84.3 cm³/mol. The molecule has 0 spiro atoms. The van der Waals surface area contributed by atoms with Gasteiger partial charge in [-0.05, 0) is 43.5 Å². The number of carbonyl (C=O) groups is 1. The van der Waals surface area contributed by atoms with Gasteiger partial charge in [0.1, 0.15) is 0 Å². The molecule has 2 unspecified atom stereocenters. The van der Waals surface area contributed by atoms with Crippen LogP contribution in [0.1, 0.15) is 33.6 Å². The second-order valence-electron chi connectivity index (χ2n) is 5.09. The molecule has 0 fully saturated rings. The third-order valence-corrected chi connectivity index (χ3v) is 3.72. The van der Waals surface area contributed by atoms with Gasteiger partial charge >= 0.3 is 0 Å². The van der Waals surface area contributed by atoms with Gasteiger partial charge < -0.3 is 10.6 Å². The van der Waals surface area contributed by atoms with Gasteiger partial charge in [-0.15, -0.1) is 0 Å². The zero-order valence-corrected chi connectivity index (χ0v) is 13.5. The molecule has 2 atom stereocenters. The summed E-state index contributed by atoms with van der Waals surface area (Å²) in [6.07, 6.45) is 2.28. The van der Waals surface area contributed by atoms with Crippen molar-refractivity contribution in [1.29, 1.82) is 0 Å². The van der Waals surface area contributed by atoms with E-state index in [1.165, 1.54) is 6.42 Å². The van der Waals surface area contributed by atoms with Gasteiger partial charge in [-0.1, -0.05) is 36.2 Å². The fraction of sp³-hybridized carbons (Fsp3) is 0.533. The van der Waals surface area contributed by atoms with Crippen LogP contribution in [0.5, 0.6) is 0 Å². The summed E-state index contributed by atoms with van der Waals surface area (Å²) in [4.78, 5) is 11.8. The zero-order chi connectivity index (χ0) is 14.3. The first-order valence-corrected chi connectivity index (χ1v) is 7.59. The molecule has 1 aromatic rings. The van der Waals surface area contributed by atoms with Crippen LogP contribution in [0, 0.1) is 5.92 Å². The van der Waals surface area contributed by atoms with Crippen LogP contribution in [0.3, 0.4) is 0 Å². The Balaban J connectivity index is 2.29. The van der Waals surface area contributed by atoms with E-state index in [-0.39, 0.29) is 5.91 Å². The van der Waals surface area contributed by atoms with E-state index >= 15 is 0 Å². The van der Waals surface area contributed by atoms with Crippen molar-refractivity contribution in [3.63, 3.8) is 0 Å². The lowest BCUT2D eigenvalue weighted by Crippen LogP contribution is -2.35. The lowest BCUT2D eigenvalue weighted by atomic mass is 10.0. The third-order valence-electron chi connectivity index (χ3n) is 3.19. The fourth-order valence-corrected chi connectivity index (χ4v) is 2.12. The number of rotatable bonds is 7. The molecule has 106 valence electrons. The molecule has 3 nitrogen and oxygen atoms in total. The van der Waals surface area contributed by atoms with Gasteiger partial charge in [-0.25, -0.2) is 0 Å². The Morgan fingerprint density at radius 1 is 1.26 bits per heavy atom. The molecule has 0 saturated heterocycles. The number of carbonyl (C=O) groups excluding carboxylic acids is 1. The molecule has 0 bridgehead atoms. The SMILES string of the molecule is CCC(C)CC(C)NCC(=O)Nc1ccc(Br)cc1. The summed E-state index contributed by atoms with van der Waals surface area (Å²) in [6, 6.07) is 7.95. The molecule has 1 aromatic carbocycles. The lowest BCUT2D eigenvalue weighted by Gasteiger charge is -2.17. The molecular weight excluding hydrogens is 304 g/mol. The quantitative estimate of drug-likeness (QED) is 0.800. The summed E-state index contributed by atoms with van der Waals surface area (Å²) in [6.45, 7) is 6.91. The van der Waals surface area contributed by atoms with Crippen molar-refractivity contribution < 1.29 is 4.79 Å². The molecule has 0 aromatic heterocycles. The van der Waals surface area contributed by atoms with Crippen molar-refractivity contribution in [1.82, 2.24) is 5.32 Å². The summed E-state index contributed by atoms with van der Waals surface area (Å²) >= 11 is 3.37. The monoisotopic (exact) mass is 326 g/mol. The highest BCUT2D eigenvalue weighted by Gasteiger charge is 2.09. The summed E-state index contributed by atoms with van der Waals surface area (Å²) in [5, 5.41) is 6.13. The van der Waals surface area contributed by atoms with Crippen LogP contribution in [0.25, 0.3) is 0 Å². The highest BCUT2D eigenvalue weighted by molar-refractivity contribution is 9.10. The number of benzene rings is 1. The van der Waals surface area contributed by atoms with Gasteiger partial charge in [0.05, 0.1) is 6.54 Å². The van der Waals surface area contributed by atoms with E-state index in [4.69, 9.17) is 0 Å². The average Bonchev–Trinajstić information content (AvgIpc) is 2.39. The Labute approximate surface area is 124 Å². The van der Waals surface area contributed by atoms with E-state index in [1.54, 1.807) is 0 Å². The molecule has 0 saturated carbocycles. The van der Waals surface area contributed by atoms with Crippen LogP contribution in [0.2, 0.25) is 0 Å². The van der Waals surface area contributed by atoms with Crippen LogP contribution in [-0.4, -0.2) is 18.5 Å². The van der Waals surface area contributed by atoms with Crippen LogP contribution < -0.4 is 10.6 Å². The molecule has 0 aliphatic carbocycles. The number of halogens is 1. The first-order valence-electron chi connectivity index (χ1n) is 6.80. The fourth-order valence-electron chi connectivity index (χ4n) is 1.86. The lowest BCUT2D eigenvalue weighted by molar-refractivity contribution is -0.115. The van der Waals surface area contributed by atoms with Gasteiger partial charge in [0, 0.05) is 16.2 Å². The summed E-state index contributed by atoms with van der Waals surface area (Å²) in [5.41, 5.74) is 0.824. The van der Waals surface area contributed by atoms with Crippen LogP contribution in [0.4, 0.5) is 5.69 Å². The molecule has 0 aliphatic heterocycles. The highest BCUT2D eigenvalue weighted by atomic mass is 79.9. The van der Waals surface area contributed by atoms with E-state index in [9.17, 15) is 4.79 Å². The minimum Gasteiger partial charge on any atom is -0.325 e. The van der Waals surface area contributed by atoms with Crippen molar-refractivity contribution in [2.45, 2.75) is 39.7 Å². The Morgan fingerprint density at radius 2 is 1.89 bits per heavy atom. The average molecular weight is 327 g/mol. The van der Waals surface area contributed by atoms with Crippen LogP contribution >= 0.6 is 15.9 Å². The first kappa shape index (κ1) is 16.2. The Morgan fingerprint density at radius 3 is 2.47 bits per heavy atom. The summed E-state index contributed by atoms with van der Waals surface area (Å²) < 4.78 is 1.01. The number of hydrogen-bond acceptors (Lipinski definition) is 2. The van der Waals surface area contributed by atoms with Gasteiger partial charge in [-0.3, -0.25) is 4.79 Å². The van der Waals surface area contributed by atoms with Gasteiger partial charge in [-0.2, -0.15) is 0 Å². The second-order valence-corrected chi connectivity index (χ2v) is 6.00. The maximum Gasteiger partial charge on any atom is 0.238 e. The van der Waals surface area contributed by atoms with Crippen LogP contribution in [-0.2, 0) is 4.79 Å². The van der Waals surface area contributed by atoms with E-state index in [0.717, 1.165) is 16.6 Å². The standard InChI is InChI=1S/C15H23BrN2O/c1-4-11(2)9-12(3)17-10-15(19)18-14-7-5-13(16)6-8-14/h5-8,11-12,17H,4,9-10H2,1-3H3,(H,18,19). The van der Waals surface area contributed by atoms with E-state index in [0.29, 0.717) is 18.5 Å². The first-order chi connectivity index (χ1) is 9.01. The Hall–Kier alpha value is -0.870. The molecule has 0 aliphatic rings. The Kier molecular flexibility index (Phi) is 7.10.